The Kier molecular flexibility index (Phi) is 6.13. The molecular weight excluding hydrogens is 268 g/mol. The quantitative estimate of drug-likeness (QED) is 0.454. The highest BCUT2D eigenvalue weighted by Gasteiger charge is 2.58. The zero-order valence-corrected chi connectivity index (χ0v) is 12.9. The monoisotopic (exact) mass is 294 g/mol. The van der Waals surface area contributed by atoms with Crippen LogP contribution in [0, 0.1) is 0 Å². The average molecular weight is 294 g/mol. The summed E-state index contributed by atoms with van der Waals surface area (Å²) in [5.41, 5.74) is -5.90. The molecule has 0 aliphatic rings. The van der Waals surface area contributed by atoms with Crippen molar-refractivity contribution in [3.8, 4) is 0 Å². The molecule has 0 radical (unpaired) electrons. The van der Waals surface area contributed by atoms with Crippen LogP contribution in [0.3, 0.4) is 0 Å². The maximum Gasteiger partial charge on any atom is 0.303 e. The van der Waals surface area contributed by atoms with Crippen molar-refractivity contribution in [2.45, 2.75) is 63.6 Å². The molecule has 0 aromatic carbocycles. The van der Waals surface area contributed by atoms with Crippen molar-refractivity contribution in [1.82, 2.24) is 0 Å². The van der Waals surface area contributed by atoms with Crippen LogP contribution in [-0.2, 0) is 14.3 Å². The third-order valence-electron chi connectivity index (χ3n) is 3.63. The largest absolute Gasteiger partial charge is 0.456 e. The van der Waals surface area contributed by atoms with E-state index >= 15 is 0 Å². The molecule has 0 amide bonds. The van der Waals surface area contributed by atoms with Gasteiger partial charge in [-0.3, -0.25) is 4.79 Å². The van der Waals surface area contributed by atoms with E-state index in [4.69, 9.17) is 9.47 Å². The van der Waals surface area contributed by atoms with Crippen LogP contribution in [0.5, 0.6) is 0 Å². The number of aliphatic hydroxyl groups excluding tert-OH is 1. The van der Waals surface area contributed by atoms with Crippen LogP contribution in [0.4, 0.5) is 0 Å². The third-order valence-corrected chi connectivity index (χ3v) is 3.63. The van der Waals surface area contributed by atoms with E-state index in [9.17, 15) is 25.2 Å². The van der Waals surface area contributed by atoms with Gasteiger partial charge in [-0.25, -0.2) is 0 Å². The maximum atomic E-state index is 11.2. The van der Waals surface area contributed by atoms with Gasteiger partial charge in [0.15, 0.2) is 6.10 Å². The minimum Gasteiger partial charge on any atom is -0.456 e. The lowest BCUT2D eigenvalue weighted by Crippen LogP contribution is -2.69. The number of carbonyl (C=O) groups is 1. The second-order valence-corrected chi connectivity index (χ2v) is 5.75. The molecule has 4 N–H and O–H groups in total. The summed E-state index contributed by atoms with van der Waals surface area (Å²) >= 11 is 0. The van der Waals surface area contributed by atoms with Crippen LogP contribution in [0.2, 0.25) is 0 Å². The lowest BCUT2D eigenvalue weighted by molar-refractivity contribution is -0.264. The summed E-state index contributed by atoms with van der Waals surface area (Å²) < 4.78 is 9.82. The van der Waals surface area contributed by atoms with Crippen LogP contribution in [-0.4, -0.2) is 69.1 Å². The van der Waals surface area contributed by atoms with Gasteiger partial charge in [-0.1, -0.05) is 0 Å². The molecule has 0 aliphatic carbocycles. The SMILES string of the molecule is COC[C@@](C)(O)[C@@H](OC(C)=O)[C@](C)(O)[C@@](C)(O)C(C)O. The molecule has 0 bridgehead atoms. The second kappa shape index (κ2) is 6.36. The predicted molar refractivity (Wildman–Crippen MR) is 71.0 cm³/mol. The van der Waals surface area contributed by atoms with Crippen LogP contribution in [0.1, 0.15) is 34.6 Å². The second-order valence-electron chi connectivity index (χ2n) is 5.75. The molecule has 0 spiro atoms. The zero-order valence-electron chi connectivity index (χ0n) is 12.9. The summed E-state index contributed by atoms with van der Waals surface area (Å²) in [5.74, 6) is -0.743. The number of rotatable bonds is 7. The van der Waals surface area contributed by atoms with Gasteiger partial charge in [-0.05, 0) is 27.7 Å². The molecule has 20 heavy (non-hydrogen) atoms. The Morgan fingerprint density at radius 3 is 1.90 bits per heavy atom. The molecule has 7 nitrogen and oxygen atoms in total. The number of carbonyl (C=O) groups excluding carboxylic acids is 1. The molecule has 0 heterocycles. The molecular formula is C13H26O7. The van der Waals surface area contributed by atoms with Crippen LogP contribution >= 0.6 is 0 Å². The van der Waals surface area contributed by atoms with Gasteiger partial charge in [-0.15, -0.1) is 0 Å². The Labute approximate surface area is 119 Å². The lowest BCUT2D eigenvalue weighted by atomic mass is 9.73. The first kappa shape index (κ1) is 19.3. The summed E-state index contributed by atoms with van der Waals surface area (Å²) in [5, 5.41) is 40.9. The van der Waals surface area contributed by atoms with E-state index in [0.717, 1.165) is 6.92 Å². The Hall–Kier alpha value is -0.730. The Morgan fingerprint density at radius 2 is 1.60 bits per heavy atom. The van der Waals surface area contributed by atoms with Crippen LogP contribution in [0.25, 0.3) is 0 Å². The Bertz CT molecular complexity index is 334. The van der Waals surface area contributed by atoms with Crippen LogP contribution in [0.15, 0.2) is 0 Å². The Morgan fingerprint density at radius 1 is 1.15 bits per heavy atom. The van der Waals surface area contributed by atoms with E-state index in [1.54, 1.807) is 0 Å². The number of hydrogen-bond donors (Lipinski definition) is 4. The van der Waals surface area contributed by atoms with Gasteiger partial charge in [0.1, 0.15) is 16.8 Å². The van der Waals surface area contributed by atoms with Gasteiger partial charge in [0.2, 0.25) is 0 Å². The van der Waals surface area contributed by atoms with Crippen molar-refractivity contribution >= 4 is 5.97 Å². The highest BCUT2D eigenvalue weighted by Crippen LogP contribution is 2.35. The van der Waals surface area contributed by atoms with Gasteiger partial charge in [0, 0.05) is 14.0 Å². The fourth-order valence-electron chi connectivity index (χ4n) is 2.07. The fourth-order valence-corrected chi connectivity index (χ4v) is 2.07. The van der Waals surface area contributed by atoms with E-state index in [0.29, 0.717) is 0 Å². The third kappa shape index (κ3) is 3.89. The molecule has 0 aromatic rings. The van der Waals surface area contributed by atoms with Crippen molar-refractivity contribution in [3.63, 3.8) is 0 Å². The maximum absolute atomic E-state index is 11.2. The van der Waals surface area contributed by atoms with E-state index in [1.807, 2.05) is 0 Å². The first-order valence-electron chi connectivity index (χ1n) is 6.32. The predicted octanol–water partition coefficient (Wildman–Crippen LogP) is -0.802. The molecule has 120 valence electrons. The smallest absolute Gasteiger partial charge is 0.303 e. The number of aliphatic hydroxyl groups is 4. The van der Waals surface area contributed by atoms with Crippen molar-refractivity contribution < 1.29 is 34.7 Å². The lowest BCUT2D eigenvalue weighted by Gasteiger charge is -2.48. The average Bonchev–Trinajstić information content (AvgIpc) is 2.24. The fraction of sp³-hybridized carbons (Fsp3) is 0.923. The van der Waals surface area contributed by atoms with Crippen molar-refractivity contribution in [3.05, 3.63) is 0 Å². The van der Waals surface area contributed by atoms with Crippen LogP contribution < -0.4 is 0 Å². The summed E-state index contributed by atoms with van der Waals surface area (Å²) in [6.45, 7) is 5.83. The highest BCUT2D eigenvalue weighted by molar-refractivity contribution is 5.66. The number of esters is 1. The van der Waals surface area contributed by atoms with Gasteiger partial charge >= 0.3 is 5.97 Å². The Balaban J connectivity index is 5.68. The number of methoxy groups -OCH3 is 1. The van der Waals surface area contributed by atoms with Gasteiger partial charge in [0.25, 0.3) is 0 Å². The first-order chi connectivity index (χ1) is 8.80. The minimum atomic E-state index is -2.12. The number of hydrogen-bond acceptors (Lipinski definition) is 7. The molecule has 0 aliphatic heterocycles. The summed E-state index contributed by atoms with van der Waals surface area (Å²) in [6.07, 6.45) is -2.83. The molecule has 0 aromatic heterocycles. The standard InChI is InChI=1S/C13H26O7/c1-8(14)12(4,17)13(5,18)10(20-9(2)15)11(3,16)7-19-6/h8,10,14,16-18H,7H2,1-6H3/t8?,10-,11-,12+,13+/m1/s1. The molecule has 0 saturated heterocycles. The van der Waals surface area contributed by atoms with E-state index in [1.165, 1.54) is 34.8 Å². The zero-order chi connectivity index (χ0) is 16.4. The highest BCUT2D eigenvalue weighted by atomic mass is 16.6. The molecule has 1 unspecified atom stereocenters. The summed E-state index contributed by atoms with van der Waals surface area (Å²) in [6, 6.07) is 0. The normalized spacial score (nSPS) is 23.9. The van der Waals surface area contributed by atoms with Gasteiger partial charge < -0.3 is 29.9 Å². The summed E-state index contributed by atoms with van der Waals surface area (Å²) in [7, 11) is 1.33. The minimum absolute atomic E-state index is 0.239. The van der Waals surface area contributed by atoms with Gasteiger partial charge in [0.05, 0.1) is 12.7 Å². The van der Waals surface area contributed by atoms with E-state index < -0.39 is 35.0 Å². The molecule has 0 saturated carbocycles. The topological polar surface area (TPSA) is 116 Å². The van der Waals surface area contributed by atoms with E-state index in [-0.39, 0.29) is 6.61 Å². The van der Waals surface area contributed by atoms with E-state index in [2.05, 4.69) is 0 Å². The summed E-state index contributed by atoms with van der Waals surface area (Å²) in [4.78, 5) is 11.2. The number of ether oxygens (including phenoxy) is 2. The molecule has 7 heteroatoms. The molecule has 0 rings (SSSR count). The molecule has 0 fully saturated rings. The first-order valence-corrected chi connectivity index (χ1v) is 6.32. The van der Waals surface area contributed by atoms with Gasteiger partial charge in [-0.2, -0.15) is 0 Å². The van der Waals surface area contributed by atoms with Crippen molar-refractivity contribution in [2.75, 3.05) is 13.7 Å². The van der Waals surface area contributed by atoms with Crippen molar-refractivity contribution in [1.29, 1.82) is 0 Å². The molecule has 5 atom stereocenters. The van der Waals surface area contributed by atoms with Crippen molar-refractivity contribution in [2.24, 2.45) is 0 Å².